The van der Waals surface area contributed by atoms with Gasteiger partial charge in [0, 0.05) is 38.9 Å². The molecule has 1 fully saturated rings. The van der Waals surface area contributed by atoms with Gasteiger partial charge in [0.05, 0.1) is 17.9 Å². The summed E-state index contributed by atoms with van der Waals surface area (Å²) < 4.78 is 7.39. The maximum atomic E-state index is 12.0. The number of morpholine rings is 1. The SMILES string of the molecule is Cc1cc(NC(=O)NCc2ccc(N3CC(C)OC(C)C3)nc2)n(C)n1. The molecule has 1 aliphatic rings. The van der Waals surface area contributed by atoms with Crippen molar-refractivity contribution in [3.63, 3.8) is 0 Å². The van der Waals surface area contributed by atoms with Crippen LogP contribution in [0.2, 0.25) is 0 Å². The largest absolute Gasteiger partial charge is 0.372 e. The molecule has 140 valence electrons. The van der Waals surface area contributed by atoms with E-state index in [2.05, 4.69) is 39.5 Å². The fraction of sp³-hybridized carbons (Fsp3) is 0.500. The number of rotatable bonds is 4. The van der Waals surface area contributed by atoms with Crippen molar-refractivity contribution in [2.45, 2.75) is 39.5 Å². The molecule has 2 atom stereocenters. The van der Waals surface area contributed by atoms with E-state index in [4.69, 9.17) is 4.74 Å². The molecule has 2 amide bonds. The Morgan fingerprint density at radius 3 is 2.62 bits per heavy atom. The van der Waals surface area contributed by atoms with E-state index >= 15 is 0 Å². The number of aromatic nitrogens is 3. The second kappa shape index (κ2) is 7.74. The molecule has 0 spiro atoms. The summed E-state index contributed by atoms with van der Waals surface area (Å²) in [5.41, 5.74) is 1.80. The number of hydrogen-bond acceptors (Lipinski definition) is 5. The Bertz CT molecular complexity index is 748. The fourth-order valence-electron chi connectivity index (χ4n) is 3.14. The molecule has 8 heteroatoms. The van der Waals surface area contributed by atoms with Crippen LogP contribution >= 0.6 is 0 Å². The van der Waals surface area contributed by atoms with Gasteiger partial charge in [-0.2, -0.15) is 5.10 Å². The monoisotopic (exact) mass is 358 g/mol. The number of anilines is 2. The fourth-order valence-corrected chi connectivity index (χ4v) is 3.14. The van der Waals surface area contributed by atoms with Gasteiger partial charge in [-0.1, -0.05) is 6.07 Å². The molecular weight excluding hydrogens is 332 g/mol. The lowest BCUT2D eigenvalue weighted by Gasteiger charge is -2.36. The molecule has 3 heterocycles. The van der Waals surface area contributed by atoms with E-state index < -0.39 is 0 Å². The first-order valence-electron chi connectivity index (χ1n) is 8.81. The van der Waals surface area contributed by atoms with Gasteiger partial charge in [-0.15, -0.1) is 0 Å². The maximum absolute atomic E-state index is 12.0. The van der Waals surface area contributed by atoms with Crippen LogP contribution in [0.4, 0.5) is 16.4 Å². The van der Waals surface area contributed by atoms with Gasteiger partial charge in [-0.25, -0.2) is 9.78 Å². The Labute approximate surface area is 153 Å². The third-order valence-corrected chi connectivity index (χ3v) is 4.25. The van der Waals surface area contributed by atoms with Crippen LogP contribution in [-0.2, 0) is 18.3 Å². The van der Waals surface area contributed by atoms with E-state index in [1.807, 2.05) is 25.1 Å². The summed E-state index contributed by atoms with van der Waals surface area (Å²) in [7, 11) is 1.79. The smallest absolute Gasteiger partial charge is 0.320 e. The highest BCUT2D eigenvalue weighted by molar-refractivity contribution is 5.88. The minimum atomic E-state index is -0.270. The van der Waals surface area contributed by atoms with Crippen molar-refractivity contribution in [3.8, 4) is 0 Å². The number of urea groups is 1. The number of aryl methyl sites for hydroxylation is 2. The third-order valence-electron chi connectivity index (χ3n) is 4.25. The highest BCUT2D eigenvalue weighted by Gasteiger charge is 2.22. The van der Waals surface area contributed by atoms with Crippen molar-refractivity contribution in [1.82, 2.24) is 20.1 Å². The van der Waals surface area contributed by atoms with Gasteiger partial charge < -0.3 is 15.0 Å². The summed E-state index contributed by atoms with van der Waals surface area (Å²) in [5, 5.41) is 9.81. The van der Waals surface area contributed by atoms with Crippen molar-refractivity contribution in [1.29, 1.82) is 0 Å². The molecule has 26 heavy (non-hydrogen) atoms. The van der Waals surface area contributed by atoms with Crippen LogP contribution in [0.3, 0.4) is 0 Å². The number of pyridine rings is 1. The molecule has 0 radical (unpaired) electrons. The van der Waals surface area contributed by atoms with Crippen molar-refractivity contribution < 1.29 is 9.53 Å². The van der Waals surface area contributed by atoms with Gasteiger partial charge in [0.15, 0.2) is 0 Å². The third kappa shape index (κ3) is 4.51. The number of ether oxygens (including phenoxy) is 1. The lowest BCUT2D eigenvalue weighted by Crippen LogP contribution is -2.45. The van der Waals surface area contributed by atoms with Gasteiger partial charge in [0.2, 0.25) is 0 Å². The Morgan fingerprint density at radius 2 is 2.04 bits per heavy atom. The molecule has 2 N–H and O–H groups in total. The molecule has 8 nitrogen and oxygen atoms in total. The number of nitrogens with zero attached hydrogens (tertiary/aromatic N) is 4. The van der Waals surface area contributed by atoms with E-state index in [1.165, 1.54) is 0 Å². The predicted molar refractivity (Wildman–Crippen MR) is 100 cm³/mol. The van der Waals surface area contributed by atoms with E-state index in [9.17, 15) is 4.79 Å². The quantitative estimate of drug-likeness (QED) is 0.874. The zero-order chi connectivity index (χ0) is 18.7. The topological polar surface area (TPSA) is 84.3 Å². The second-order valence-electron chi connectivity index (χ2n) is 6.79. The van der Waals surface area contributed by atoms with Crippen LogP contribution in [0.5, 0.6) is 0 Å². The molecule has 1 saturated heterocycles. The minimum absolute atomic E-state index is 0.196. The van der Waals surface area contributed by atoms with E-state index in [-0.39, 0.29) is 18.2 Å². The normalized spacial score (nSPS) is 20.1. The van der Waals surface area contributed by atoms with Gasteiger partial charge in [0.1, 0.15) is 11.6 Å². The van der Waals surface area contributed by atoms with E-state index in [0.717, 1.165) is 30.2 Å². The van der Waals surface area contributed by atoms with Crippen LogP contribution in [0, 0.1) is 6.92 Å². The zero-order valence-electron chi connectivity index (χ0n) is 15.7. The first kappa shape index (κ1) is 18.2. The molecule has 3 rings (SSSR count). The Balaban J connectivity index is 1.52. The van der Waals surface area contributed by atoms with Crippen molar-refractivity contribution >= 4 is 17.7 Å². The Hall–Kier alpha value is -2.61. The van der Waals surface area contributed by atoms with Crippen molar-refractivity contribution in [3.05, 3.63) is 35.7 Å². The van der Waals surface area contributed by atoms with E-state index in [1.54, 1.807) is 17.9 Å². The van der Waals surface area contributed by atoms with Gasteiger partial charge >= 0.3 is 6.03 Å². The number of carbonyl (C=O) groups excluding carboxylic acids is 1. The standard InChI is InChI=1S/C18H26N6O2/c1-12-7-17(23(4)22-12)21-18(25)20-9-15-5-6-16(19-8-15)24-10-13(2)26-14(3)11-24/h5-8,13-14H,9-11H2,1-4H3,(H2,20,21,25). The molecule has 0 aromatic carbocycles. The lowest BCUT2D eigenvalue weighted by molar-refractivity contribution is -0.00546. The molecule has 2 aromatic heterocycles. The summed E-state index contributed by atoms with van der Waals surface area (Å²) >= 11 is 0. The summed E-state index contributed by atoms with van der Waals surface area (Å²) in [6, 6.07) is 5.53. The van der Waals surface area contributed by atoms with Crippen LogP contribution < -0.4 is 15.5 Å². The average Bonchev–Trinajstić information content (AvgIpc) is 2.90. The highest BCUT2D eigenvalue weighted by atomic mass is 16.5. The first-order valence-corrected chi connectivity index (χ1v) is 8.81. The lowest BCUT2D eigenvalue weighted by atomic mass is 10.2. The maximum Gasteiger partial charge on any atom is 0.320 e. The summed E-state index contributed by atoms with van der Waals surface area (Å²) in [6.07, 6.45) is 2.19. The minimum Gasteiger partial charge on any atom is -0.372 e. The second-order valence-corrected chi connectivity index (χ2v) is 6.79. The molecule has 2 aromatic rings. The van der Waals surface area contributed by atoms with Crippen LogP contribution in [-0.4, -0.2) is 46.1 Å². The number of nitrogens with one attached hydrogen (secondary N) is 2. The summed E-state index contributed by atoms with van der Waals surface area (Å²) in [6.45, 7) is 8.10. The van der Waals surface area contributed by atoms with Gasteiger partial charge in [-0.05, 0) is 32.4 Å². The first-order chi connectivity index (χ1) is 12.4. The van der Waals surface area contributed by atoms with Crippen LogP contribution in [0.1, 0.15) is 25.1 Å². The van der Waals surface area contributed by atoms with Crippen molar-refractivity contribution in [2.24, 2.45) is 7.05 Å². The molecular formula is C18H26N6O2. The number of carbonyl (C=O) groups is 1. The number of amides is 2. The van der Waals surface area contributed by atoms with Crippen LogP contribution in [0.15, 0.2) is 24.4 Å². The van der Waals surface area contributed by atoms with Crippen molar-refractivity contribution in [2.75, 3.05) is 23.3 Å². The van der Waals surface area contributed by atoms with Gasteiger partial charge in [-0.3, -0.25) is 10.00 Å². The molecule has 2 unspecified atom stereocenters. The Kier molecular flexibility index (Phi) is 5.41. The van der Waals surface area contributed by atoms with E-state index in [0.29, 0.717) is 12.4 Å². The predicted octanol–water partition coefficient (Wildman–Crippen LogP) is 2.06. The molecule has 0 aliphatic carbocycles. The highest BCUT2D eigenvalue weighted by Crippen LogP contribution is 2.18. The van der Waals surface area contributed by atoms with Gasteiger partial charge in [0.25, 0.3) is 0 Å². The molecule has 0 saturated carbocycles. The average molecular weight is 358 g/mol. The number of hydrogen-bond donors (Lipinski definition) is 2. The summed E-state index contributed by atoms with van der Waals surface area (Å²) in [5.74, 6) is 1.59. The molecule has 0 bridgehead atoms. The summed E-state index contributed by atoms with van der Waals surface area (Å²) in [4.78, 5) is 18.8. The Morgan fingerprint density at radius 1 is 1.31 bits per heavy atom. The zero-order valence-corrected chi connectivity index (χ0v) is 15.7. The molecule has 1 aliphatic heterocycles. The van der Waals surface area contributed by atoms with Crippen LogP contribution in [0.25, 0.3) is 0 Å².